The van der Waals surface area contributed by atoms with E-state index >= 15 is 0 Å². The van der Waals surface area contributed by atoms with Crippen molar-refractivity contribution in [3.63, 3.8) is 0 Å². The van der Waals surface area contributed by atoms with Crippen LogP contribution in [0.3, 0.4) is 0 Å². The van der Waals surface area contributed by atoms with Crippen LogP contribution in [0.4, 0.5) is 0 Å². The predicted molar refractivity (Wildman–Crippen MR) is 94.9 cm³/mol. The van der Waals surface area contributed by atoms with Gasteiger partial charge in [-0.05, 0) is 37.1 Å². The van der Waals surface area contributed by atoms with E-state index in [-0.39, 0.29) is 5.91 Å². The van der Waals surface area contributed by atoms with Crippen LogP contribution in [0.15, 0.2) is 34.3 Å². The second kappa shape index (κ2) is 6.93. The molecule has 1 aliphatic carbocycles. The monoisotopic (exact) mass is 374 g/mol. The van der Waals surface area contributed by atoms with E-state index in [0.717, 1.165) is 29.0 Å². The van der Waals surface area contributed by atoms with Gasteiger partial charge in [0.15, 0.2) is 0 Å². The first-order chi connectivity index (χ1) is 12.2. The molecule has 0 atom stereocenters. The Labute approximate surface area is 153 Å². The van der Waals surface area contributed by atoms with E-state index in [4.69, 9.17) is 16.1 Å². The zero-order valence-electron chi connectivity index (χ0n) is 13.2. The molecule has 2 heterocycles. The third-order valence-electron chi connectivity index (χ3n) is 3.96. The SMILES string of the molecule is O=C(NCCc1nc(-c2ccc(Cl)cc2)no1)c1scnc1C1CC1. The Morgan fingerprint density at radius 3 is 2.88 bits per heavy atom. The van der Waals surface area contributed by atoms with Crippen molar-refractivity contribution in [2.75, 3.05) is 6.54 Å². The molecule has 4 rings (SSSR count). The molecular formula is C17H15ClN4O2S. The summed E-state index contributed by atoms with van der Waals surface area (Å²) in [5, 5.41) is 7.52. The van der Waals surface area contributed by atoms with Crippen LogP contribution in [0, 0.1) is 0 Å². The molecule has 3 aromatic rings. The third kappa shape index (κ3) is 3.72. The molecule has 1 saturated carbocycles. The number of thiazole rings is 1. The molecule has 2 aromatic heterocycles. The molecule has 0 radical (unpaired) electrons. The van der Waals surface area contributed by atoms with E-state index in [2.05, 4.69) is 20.4 Å². The lowest BCUT2D eigenvalue weighted by Gasteiger charge is -2.02. The van der Waals surface area contributed by atoms with Gasteiger partial charge in [0.05, 0.1) is 11.2 Å². The second-order valence-electron chi connectivity index (χ2n) is 5.87. The molecule has 1 aliphatic rings. The first-order valence-electron chi connectivity index (χ1n) is 8.01. The fourth-order valence-electron chi connectivity index (χ4n) is 2.51. The number of amides is 1. The summed E-state index contributed by atoms with van der Waals surface area (Å²) >= 11 is 7.26. The molecule has 0 spiro atoms. The lowest BCUT2D eigenvalue weighted by atomic mass is 10.2. The van der Waals surface area contributed by atoms with Gasteiger partial charge >= 0.3 is 0 Å². The van der Waals surface area contributed by atoms with E-state index in [1.807, 2.05) is 12.1 Å². The van der Waals surface area contributed by atoms with Crippen molar-refractivity contribution in [2.24, 2.45) is 0 Å². The molecule has 0 bridgehead atoms. The van der Waals surface area contributed by atoms with Crippen molar-refractivity contribution in [3.8, 4) is 11.4 Å². The number of aromatic nitrogens is 3. The van der Waals surface area contributed by atoms with Gasteiger partial charge in [0.2, 0.25) is 11.7 Å². The van der Waals surface area contributed by atoms with Crippen LogP contribution in [0.1, 0.15) is 40.0 Å². The van der Waals surface area contributed by atoms with E-state index in [1.165, 1.54) is 11.3 Å². The summed E-state index contributed by atoms with van der Waals surface area (Å²) in [6.45, 7) is 0.434. The quantitative estimate of drug-likeness (QED) is 0.711. The minimum Gasteiger partial charge on any atom is -0.351 e. The van der Waals surface area contributed by atoms with E-state index in [9.17, 15) is 4.79 Å². The smallest absolute Gasteiger partial charge is 0.263 e. The van der Waals surface area contributed by atoms with Crippen molar-refractivity contribution in [1.29, 1.82) is 0 Å². The molecule has 1 N–H and O–H groups in total. The van der Waals surface area contributed by atoms with E-state index in [1.54, 1.807) is 17.6 Å². The Balaban J connectivity index is 1.33. The highest BCUT2D eigenvalue weighted by atomic mass is 35.5. The topological polar surface area (TPSA) is 80.9 Å². The Bertz CT molecular complexity index is 886. The lowest BCUT2D eigenvalue weighted by Crippen LogP contribution is -2.25. The molecule has 1 aromatic carbocycles. The van der Waals surface area contributed by atoms with Gasteiger partial charge in [-0.2, -0.15) is 4.98 Å². The average Bonchev–Trinajstić information content (AvgIpc) is 3.15. The highest BCUT2D eigenvalue weighted by Crippen LogP contribution is 2.41. The number of benzene rings is 1. The molecule has 0 unspecified atom stereocenters. The number of nitrogens with one attached hydrogen (secondary N) is 1. The van der Waals surface area contributed by atoms with Crippen LogP contribution in [-0.2, 0) is 6.42 Å². The van der Waals surface area contributed by atoms with Gasteiger partial charge in [-0.15, -0.1) is 11.3 Å². The standard InChI is InChI=1S/C17H15ClN4O2S/c18-12-5-3-11(4-6-12)16-21-13(24-22-16)7-8-19-17(23)15-14(10-1-2-10)20-9-25-15/h3-6,9-10H,1-2,7-8H2,(H,19,23). The number of nitrogens with zero attached hydrogens (tertiary/aromatic N) is 3. The predicted octanol–water partition coefficient (Wildman–Crippen LogP) is 3.70. The normalized spacial score (nSPS) is 13.8. The summed E-state index contributed by atoms with van der Waals surface area (Å²) in [6, 6.07) is 7.23. The fourth-order valence-corrected chi connectivity index (χ4v) is 3.43. The number of rotatable bonds is 6. The first kappa shape index (κ1) is 16.2. The van der Waals surface area contributed by atoms with Crippen molar-refractivity contribution in [2.45, 2.75) is 25.2 Å². The van der Waals surface area contributed by atoms with Gasteiger partial charge in [-0.25, -0.2) is 4.98 Å². The zero-order chi connectivity index (χ0) is 17.2. The van der Waals surface area contributed by atoms with Crippen LogP contribution < -0.4 is 5.32 Å². The number of carbonyl (C=O) groups excluding carboxylic acids is 1. The Kier molecular flexibility index (Phi) is 4.50. The summed E-state index contributed by atoms with van der Waals surface area (Å²) in [6.07, 6.45) is 2.73. The van der Waals surface area contributed by atoms with Crippen LogP contribution in [0.5, 0.6) is 0 Å². The molecule has 0 aliphatic heterocycles. The van der Waals surface area contributed by atoms with Crippen molar-refractivity contribution in [3.05, 3.63) is 51.3 Å². The number of halogens is 1. The Hall–Kier alpha value is -2.25. The number of hydrogen-bond donors (Lipinski definition) is 1. The summed E-state index contributed by atoms with van der Waals surface area (Å²) in [4.78, 5) is 21.7. The van der Waals surface area contributed by atoms with Crippen LogP contribution in [0.25, 0.3) is 11.4 Å². The van der Waals surface area contributed by atoms with Gasteiger partial charge in [0, 0.05) is 29.5 Å². The second-order valence-corrected chi connectivity index (χ2v) is 7.16. The third-order valence-corrected chi connectivity index (χ3v) is 5.05. The van der Waals surface area contributed by atoms with Crippen molar-refractivity contribution in [1.82, 2.24) is 20.4 Å². The maximum absolute atomic E-state index is 12.3. The van der Waals surface area contributed by atoms with Gasteiger partial charge in [-0.1, -0.05) is 16.8 Å². The van der Waals surface area contributed by atoms with Gasteiger partial charge in [-0.3, -0.25) is 4.79 Å². The lowest BCUT2D eigenvalue weighted by molar-refractivity contribution is 0.0956. The number of carbonyl (C=O) groups is 1. The van der Waals surface area contributed by atoms with Crippen molar-refractivity contribution < 1.29 is 9.32 Å². The Morgan fingerprint density at radius 1 is 1.32 bits per heavy atom. The highest BCUT2D eigenvalue weighted by Gasteiger charge is 2.30. The summed E-state index contributed by atoms with van der Waals surface area (Å²) in [7, 11) is 0. The molecular weight excluding hydrogens is 360 g/mol. The minimum atomic E-state index is -0.0816. The summed E-state index contributed by atoms with van der Waals surface area (Å²) in [5.41, 5.74) is 3.51. The van der Waals surface area contributed by atoms with E-state index in [0.29, 0.717) is 35.6 Å². The molecule has 1 fully saturated rings. The minimum absolute atomic E-state index is 0.0816. The maximum Gasteiger partial charge on any atom is 0.263 e. The van der Waals surface area contributed by atoms with Gasteiger partial charge < -0.3 is 9.84 Å². The molecule has 128 valence electrons. The molecule has 1 amide bonds. The number of hydrogen-bond acceptors (Lipinski definition) is 6. The van der Waals surface area contributed by atoms with Crippen LogP contribution in [0.2, 0.25) is 5.02 Å². The van der Waals surface area contributed by atoms with Crippen LogP contribution >= 0.6 is 22.9 Å². The molecule has 6 nitrogen and oxygen atoms in total. The Morgan fingerprint density at radius 2 is 2.12 bits per heavy atom. The first-order valence-corrected chi connectivity index (χ1v) is 9.26. The molecule has 8 heteroatoms. The largest absolute Gasteiger partial charge is 0.351 e. The average molecular weight is 375 g/mol. The molecule has 0 saturated heterocycles. The summed E-state index contributed by atoms with van der Waals surface area (Å²) in [5.74, 6) is 1.38. The van der Waals surface area contributed by atoms with Gasteiger partial charge in [0.25, 0.3) is 5.91 Å². The zero-order valence-corrected chi connectivity index (χ0v) is 14.8. The van der Waals surface area contributed by atoms with Crippen molar-refractivity contribution >= 4 is 28.8 Å². The van der Waals surface area contributed by atoms with E-state index < -0.39 is 0 Å². The van der Waals surface area contributed by atoms with Gasteiger partial charge in [0.1, 0.15) is 4.88 Å². The fraction of sp³-hybridized carbons (Fsp3) is 0.294. The van der Waals surface area contributed by atoms with Crippen LogP contribution in [-0.4, -0.2) is 27.6 Å². The summed E-state index contributed by atoms with van der Waals surface area (Å²) < 4.78 is 5.24. The maximum atomic E-state index is 12.3. The highest BCUT2D eigenvalue weighted by molar-refractivity contribution is 7.11. The molecule has 25 heavy (non-hydrogen) atoms.